The average Bonchev–Trinajstić information content (AvgIpc) is 2.37. The van der Waals surface area contributed by atoms with Gasteiger partial charge in [-0.25, -0.2) is 0 Å². The predicted molar refractivity (Wildman–Crippen MR) is 76.9 cm³/mol. The molecule has 0 bridgehead atoms. The number of rotatable bonds is 6. The topological polar surface area (TPSA) is 94.8 Å². The number of hydrogen-bond acceptors (Lipinski definition) is 5. The van der Waals surface area contributed by atoms with Gasteiger partial charge in [-0.1, -0.05) is 35.5 Å². The first-order chi connectivity index (χ1) is 9.31. The molecule has 1 rings (SSSR count). The third-order valence-electron chi connectivity index (χ3n) is 2.57. The van der Waals surface area contributed by atoms with Crippen LogP contribution in [0.3, 0.4) is 0 Å². The predicted octanol–water partition coefficient (Wildman–Crippen LogP) is 1.64. The number of carbonyl (C=O) groups excluding carboxylic acids is 1. The maximum absolute atomic E-state index is 10.8. The minimum absolute atomic E-state index is 0.0629. The Morgan fingerprint density at radius 1 is 1.35 bits per heavy atom. The zero-order valence-corrected chi connectivity index (χ0v) is 12.3. The number of benzene rings is 1. The van der Waals surface area contributed by atoms with Gasteiger partial charge in [0.05, 0.1) is 12.5 Å². The molecule has 20 heavy (non-hydrogen) atoms. The van der Waals surface area contributed by atoms with Crippen molar-refractivity contribution in [3.05, 3.63) is 34.3 Å². The fourth-order valence-electron chi connectivity index (χ4n) is 1.59. The zero-order chi connectivity index (χ0) is 15.3. The second-order valence-electron chi connectivity index (χ2n) is 4.24. The molecule has 0 fully saturated rings. The molecule has 0 spiro atoms. The van der Waals surface area contributed by atoms with Gasteiger partial charge in [0, 0.05) is 17.7 Å². The maximum atomic E-state index is 10.8. The lowest BCUT2D eigenvalue weighted by Crippen LogP contribution is -2.21. The van der Waals surface area contributed by atoms with Crippen molar-refractivity contribution < 1.29 is 24.9 Å². The van der Waals surface area contributed by atoms with Gasteiger partial charge >= 0.3 is 5.97 Å². The number of carboxylic acids is 1. The lowest BCUT2D eigenvalue weighted by molar-refractivity contribution is -0.136. The van der Waals surface area contributed by atoms with Crippen LogP contribution in [-0.2, 0) is 16.0 Å². The number of thioether (sulfide) groups is 1. The van der Waals surface area contributed by atoms with Gasteiger partial charge in [0.1, 0.15) is 6.10 Å². The van der Waals surface area contributed by atoms with E-state index < -0.39 is 18.2 Å². The van der Waals surface area contributed by atoms with Crippen molar-refractivity contribution in [3.63, 3.8) is 0 Å². The summed E-state index contributed by atoms with van der Waals surface area (Å²) < 4.78 is 0. The van der Waals surface area contributed by atoms with E-state index >= 15 is 0 Å². The summed E-state index contributed by atoms with van der Waals surface area (Å²) >= 11 is 6.78. The molecule has 0 saturated carbocycles. The highest BCUT2D eigenvalue weighted by atomic mass is 35.5. The van der Waals surface area contributed by atoms with Crippen LogP contribution in [0.4, 0.5) is 0 Å². The Morgan fingerprint density at radius 2 is 2.00 bits per heavy atom. The van der Waals surface area contributed by atoms with Crippen molar-refractivity contribution in [1.29, 1.82) is 0 Å². The van der Waals surface area contributed by atoms with Crippen LogP contribution in [0.2, 0.25) is 5.02 Å². The van der Waals surface area contributed by atoms with Gasteiger partial charge in [-0.3, -0.25) is 9.59 Å². The molecule has 1 aromatic rings. The van der Waals surface area contributed by atoms with Crippen molar-refractivity contribution in [2.45, 2.75) is 25.6 Å². The molecule has 2 unspecified atom stereocenters. The number of carboxylic acid groups (broad SMARTS) is 1. The Hall–Kier alpha value is -1.08. The molecule has 0 aliphatic rings. The molecule has 1 aromatic carbocycles. The van der Waals surface area contributed by atoms with Crippen LogP contribution in [0.5, 0.6) is 0 Å². The van der Waals surface area contributed by atoms with Crippen molar-refractivity contribution in [3.8, 4) is 0 Å². The minimum atomic E-state index is -1.20. The summed E-state index contributed by atoms with van der Waals surface area (Å²) in [6.07, 6.45) is -2.59. The lowest BCUT2D eigenvalue weighted by atomic mass is 10.0. The van der Waals surface area contributed by atoms with Gasteiger partial charge < -0.3 is 15.3 Å². The first-order valence-corrected chi connectivity index (χ1v) is 7.17. The molecule has 7 heteroatoms. The van der Waals surface area contributed by atoms with E-state index in [1.54, 1.807) is 0 Å². The van der Waals surface area contributed by atoms with E-state index in [2.05, 4.69) is 0 Å². The van der Waals surface area contributed by atoms with Gasteiger partial charge in [-0.15, -0.1) is 0 Å². The largest absolute Gasteiger partial charge is 0.481 e. The Bertz CT molecular complexity index is 506. The third kappa shape index (κ3) is 5.13. The number of hydrogen-bond donors (Lipinski definition) is 3. The van der Waals surface area contributed by atoms with Crippen molar-refractivity contribution in [2.24, 2.45) is 0 Å². The molecule has 3 N–H and O–H groups in total. The summed E-state index contributed by atoms with van der Waals surface area (Å²) in [5.41, 5.74) is 0.726. The van der Waals surface area contributed by atoms with Crippen LogP contribution >= 0.6 is 23.4 Å². The smallest absolute Gasteiger partial charge is 0.307 e. The van der Waals surface area contributed by atoms with Gasteiger partial charge in [0.25, 0.3) is 0 Å². The Kier molecular flexibility index (Phi) is 6.48. The number of aliphatic hydroxyl groups excluding tert-OH is 2. The van der Waals surface area contributed by atoms with Gasteiger partial charge in [-0.05, 0) is 17.2 Å². The average molecular weight is 319 g/mol. The Morgan fingerprint density at radius 3 is 2.55 bits per heavy atom. The van der Waals surface area contributed by atoms with E-state index in [1.807, 2.05) is 0 Å². The number of aliphatic hydroxyl groups is 2. The standard InChI is InChI=1S/C13H15ClO5S/c1-7(15)20-6-11(16)13(19)8-2-3-10(14)9(4-8)5-12(17)18/h2-4,11,13,16,19H,5-6H2,1H3,(H,17,18). The first-order valence-electron chi connectivity index (χ1n) is 5.81. The third-order valence-corrected chi connectivity index (χ3v) is 3.86. The molecule has 0 radical (unpaired) electrons. The fourth-order valence-corrected chi connectivity index (χ4v) is 2.37. The molecule has 2 atom stereocenters. The van der Waals surface area contributed by atoms with Gasteiger partial charge in [-0.2, -0.15) is 0 Å². The summed E-state index contributed by atoms with van der Waals surface area (Å²) in [6, 6.07) is 4.44. The Labute approximate surface area is 125 Å². The van der Waals surface area contributed by atoms with Crippen LogP contribution in [0.15, 0.2) is 18.2 Å². The number of carbonyl (C=O) groups is 2. The summed E-state index contributed by atoms with van der Waals surface area (Å²) in [5.74, 6) is -0.973. The molecule has 5 nitrogen and oxygen atoms in total. The van der Waals surface area contributed by atoms with Crippen LogP contribution in [0, 0.1) is 0 Å². The highest BCUT2D eigenvalue weighted by Gasteiger charge is 2.20. The second-order valence-corrected chi connectivity index (χ2v) is 5.84. The van der Waals surface area contributed by atoms with E-state index in [0.717, 1.165) is 11.8 Å². The van der Waals surface area contributed by atoms with E-state index in [4.69, 9.17) is 16.7 Å². The van der Waals surface area contributed by atoms with Crippen molar-refractivity contribution >= 4 is 34.4 Å². The highest BCUT2D eigenvalue weighted by molar-refractivity contribution is 8.13. The molecule has 0 saturated heterocycles. The molecular weight excluding hydrogens is 304 g/mol. The Balaban J connectivity index is 2.84. The first kappa shape index (κ1) is 17.0. The van der Waals surface area contributed by atoms with E-state index in [9.17, 15) is 19.8 Å². The normalized spacial score (nSPS) is 13.8. The SMILES string of the molecule is CC(=O)SCC(O)C(O)c1ccc(Cl)c(CC(=O)O)c1. The second kappa shape index (κ2) is 7.64. The molecule has 0 aliphatic heterocycles. The molecule has 0 heterocycles. The van der Waals surface area contributed by atoms with Crippen LogP contribution < -0.4 is 0 Å². The maximum Gasteiger partial charge on any atom is 0.307 e. The molecular formula is C13H15ClO5S. The van der Waals surface area contributed by atoms with E-state index in [0.29, 0.717) is 11.1 Å². The van der Waals surface area contributed by atoms with Crippen molar-refractivity contribution in [1.82, 2.24) is 0 Å². The van der Waals surface area contributed by atoms with E-state index in [-0.39, 0.29) is 22.3 Å². The lowest BCUT2D eigenvalue weighted by Gasteiger charge is -2.18. The molecule has 110 valence electrons. The number of halogens is 1. The quantitative estimate of drug-likeness (QED) is 0.738. The zero-order valence-electron chi connectivity index (χ0n) is 10.7. The van der Waals surface area contributed by atoms with E-state index in [1.165, 1.54) is 25.1 Å². The van der Waals surface area contributed by atoms with Crippen LogP contribution in [-0.4, -0.2) is 38.3 Å². The van der Waals surface area contributed by atoms with Crippen LogP contribution in [0.1, 0.15) is 24.2 Å². The molecule has 0 aliphatic carbocycles. The van der Waals surface area contributed by atoms with Gasteiger partial charge in [0.2, 0.25) is 0 Å². The highest BCUT2D eigenvalue weighted by Crippen LogP contribution is 2.25. The summed E-state index contributed by atoms with van der Waals surface area (Å²) in [4.78, 5) is 21.5. The van der Waals surface area contributed by atoms with Crippen LogP contribution in [0.25, 0.3) is 0 Å². The van der Waals surface area contributed by atoms with Crippen molar-refractivity contribution in [2.75, 3.05) is 5.75 Å². The summed E-state index contributed by atoms with van der Waals surface area (Å²) in [7, 11) is 0. The monoisotopic (exact) mass is 318 g/mol. The fraction of sp³-hybridized carbons (Fsp3) is 0.385. The molecule has 0 amide bonds. The summed E-state index contributed by atoms with van der Waals surface area (Å²) in [6.45, 7) is 1.37. The minimum Gasteiger partial charge on any atom is -0.481 e. The number of aliphatic carboxylic acids is 1. The molecule has 0 aromatic heterocycles. The summed E-state index contributed by atoms with van der Waals surface area (Å²) in [5, 5.41) is 28.7. The van der Waals surface area contributed by atoms with Gasteiger partial charge in [0.15, 0.2) is 5.12 Å².